The van der Waals surface area contributed by atoms with Gasteiger partial charge in [0.15, 0.2) is 0 Å². The molecule has 1 amide bonds. The Balaban J connectivity index is 1.71. The van der Waals surface area contributed by atoms with Gasteiger partial charge in [0, 0.05) is 11.5 Å². The SMILES string of the molecule is CCOC(=O)CC[n+]1cn2cc(C3=C(C(=O)O)N4C(=O)[C@H]([C@@H](C)O)[C@H]4[C@H]3C)sc2c1SC. The summed E-state index contributed by atoms with van der Waals surface area (Å²) in [7, 11) is 0. The van der Waals surface area contributed by atoms with Gasteiger partial charge in [-0.05, 0) is 20.1 Å². The number of hydrogen-bond donors (Lipinski definition) is 2. The number of carbonyl (C=O) groups is 3. The van der Waals surface area contributed by atoms with Gasteiger partial charge < -0.3 is 19.8 Å². The van der Waals surface area contributed by atoms with Crippen LogP contribution in [0.25, 0.3) is 10.4 Å². The molecule has 9 nitrogen and oxygen atoms in total. The minimum atomic E-state index is -1.14. The maximum absolute atomic E-state index is 12.6. The van der Waals surface area contributed by atoms with Crippen LogP contribution >= 0.6 is 23.1 Å². The third-order valence-corrected chi connectivity index (χ3v) is 8.19. The van der Waals surface area contributed by atoms with Crippen molar-refractivity contribution in [3.8, 4) is 0 Å². The first kappa shape index (κ1) is 22.8. The molecule has 0 aliphatic carbocycles. The summed E-state index contributed by atoms with van der Waals surface area (Å²) in [5.41, 5.74) is 0.632. The molecule has 32 heavy (non-hydrogen) atoms. The number of hydrogen-bond acceptors (Lipinski definition) is 7. The van der Waals surface area contributed by atoms with Crippen molar-refractivity contribution in [3.05, 3.63) is 23.1 Å². The van der Waals surface area contributed by atoms with E-state index in [1.165, 1.54) is 16.2 Å². The summed E-state index contributed by atoms with van der Waals surface area (Å²) >= 11 is 3.01. The first-order chi connectivity index (χ1) is 15.2. The highest BCUT2D eigenvalue weighted by Gasteiger charge is 2.60. The highest BCUT2D eigenvalue weighted by Crippen LogP contribution is 2.51. The van der Waals surface area contributed by atoms with Crippen LogP contribution in [0.3, 0.4) is 0 Å². The molecule has 11 heteroatoms. The number of aliphatic hydroxyl groups is 1. The van der Waals surface area contributed by atoms with Crippen LogP contribution in [0.4, 0.5) is 0 Å². The molecule has 1 saturated heterocycles. The summed E-state index contributed by atoms with van der Waals surface area (Å²) in [6, 6.07) is -0.348. The summed E-state index contributed by atoms with van der Waals surface area (Å²) in [6.45, 7) is 6.09. The number of thiazole rings is 1. The topological polar surface area (TPSA) is 112 Å². The number of amides is 1. The second kappa shape index (κ2) is 8.53. The lowest BCUT2D eigenvalue weighted by molar-refractivity contribution is -0.728. The fourth-order valence-corrected chi connectivity index (χ4v) is 6.96. The van der Waals surface area contributed by atoms with Gasteiger partial charge in [-0.15, -0.1) is 0 Å². The summed E-state index contributed by atoms with van der Waals surface area (Å²) < 4.78 is 8.93. The minimum absolute atomic E-state index is 0.00907. The first-order valence-electron chi connectivity index (χ1n) is 10.4. The Morgan fingerprint density at radius 3 is 2.72 bits per heavy atom. The molecule has 1 fully saturated rings. The van der Waals surface area contributed by atoms with Gasteiger partial charge in [0.1, 0.15) is 18.4 Å². The molecule has 2 aliphatic heterocycles. The second-order valence-corrected chi connectivity index (χ2v) is 9.83. The Bertz CT molecular complexity index is 1130. The zero-order chi connectivity index (χ0) is 23.3. The van der Waals surface area contributed by atoms with Crippen LogP contribution in [0.5, 0.6) is 0 Å². The predicted octanol–water partition coefficient (Wildman–Crippen LogP) is 1.62. The van der Waals surface area contributed by atoms with Crippen molar-refractivity contribution in [2.24, 2.45) is 11.8 Å². The summed E-state index contributed by atoms with van der Waals surface area (Å²) in [6.07, 6.45) is 5.15. The Kier molecular flexibility index (Phi) is 6.08. The van der Waals surface area contributed by atoms with Crippen molar-refractivity contribution in [3.63, 3.8) is 0 Å². The first-order valence-corrected chi connectivity index (χ1v) is 12.5. The average Bonchev–Trinajstić information content (AvgIpc) is 3.33. The number of ether oxygens (including phenoxy) is 1. The van der Waals surface area contributed by atoms with E-state index < -0.39 is 18.0 Å². The third-order valence-electron chi connectivity index (χ3n) is 6.10. The number of aromatic nitrogens is 2. The van der Waals surface area contributed by atoms with Crippen LogP contribution in [0.1, 0.15) is 32.1 Å². The molecule has 172 valence electrons. The molecule has 0 bridgehead atoms. The lowest BCUT2D eigenvalue weighted by Gasteiger charge is -2.46. The van der Waals surface area contributed by atoms with E-state index >= 15 is 0 Å². The Morgan fingerprint density at radius 2 is 2.12 bits per heavy atom. The van der Waals surface area contributed by atoms with E-state index in [9.17, 15) is 24.6 Å². The molecule has 2 aliphatic rings. The van der Waals surface area contributed by atoms with Crippen molar-refractivity contribution in [2.45, 2.75) is 50.9 Å². The number of thioether (sulfide) groups is 1. The van der Waals surface area contributed by atoms with Gasteiger partial charge in [-0.2, -0.15) is 4.40 Å². The number of aryl methyl sites for hydroxylation is 1. The standard InChI is InChI=1S/C21H25N3O6S2/c1-5-30-13(26)6-7-22-9-23-8-12(32-20(23)19(22)31-4)14-10(2)16-15(11(3)25)18(27)24(16)17(14)21(28)29/h8-11,15-16,25H,5-7H2,1-4H3/p+1/t10-,11+,15+,16+/m0/s1. The van der Waals surface area contributed by atoms with Crippen molar-refractivity contribution in [1.29, 1.82) is 0 Å². The molecule has 0 radical (unpaired) electrons. The number of β-lactam (4-membered cyclic amide) rings is 1. The van der Waals surface area contributed by atoms with E-state index in [4.69, 9.17) is 4.74 Å². The van der Waals surface area contributed by atoms with E-state index in [2.05, 4.69) is 0 Å². The van der Waals surface area contributed by atoms with Crippen LogP contribution in [0.15, 0.2) is 23.2 Å². The number of imidazole rings is 1. The molecule has 0 unspecified atom stereocenters. The Labute approximate surface area is 193 Å². The molecule has 0 spiro atoms. The van der Waals surface area contributed by atoms with Gasteiger partial charge in [0.2, 0.25) is 15.8 Å². The maximum atomic E-state index is 12.6. The molecule has 4 atom stereocenters. The summed E-state index contributed by atoms with van der Waals surface area (Å²) in [5, 5.41) is 20.9. The molecule has 2 aromatic rings. The van der Waals surface area contributed by atoms with Gasteiger partial charge in [0.25, 0.3) is 6.33 Å². The number of aliphatic carboxylic acids is 1. The highest BCUT2D eigenvalue weighted by molar-refractivity contribution is 7.98. The molecule has 2 aromatic heterocycles. The zero-order valence-corrected chi connectivity index (χ0v) is 19.9. The van der Waals surface area contributed by atoms with Crippen LogP contribution in [0, 0.1) is 11.8 Å². The van der Waals surface area contributed by atoms with Crippen molar-refractivity contribution >= 4 is 51.3 Å². The van der Waals surface area contributed by atoms with Crippen molar-refractivity contribution < 1.29 is 33.9 Å². The van der Waals surface area contributed by atoms with E-state index in [0.717, 1.165) is 14.7 Å². The quantitative estimate of drug-likeness (QED) is 0.256. The van der Waals surface area contributed by atoms with Gasteiger partial charge in [-0.25, -0.2) is 9.36 Å². The summed E-state index contributed by atoms with van der Waals surface area (Å²) in [4.78, 5) is 39.5. The number of fused-ring (bicyclic) bond motifs is 2. The van der Waals surface area contributed by atoms with Gasteiger partial charge in [-0.1, -0.05) is 30.0 Å². The number of esters is 1. The second-order valence-electron chi connectivity index (χ2n) is 8.00. The monoisotopic (exact) mass is 480 g/mol. The van der Waals surface area contributed by atoms with Crippen LogP contribution in [-0.4, -0.2) is 62.4 Å². The molecular formula is C21H26N3O6S2+. The fraction of sp³-hybridized carbons (Fsp3) is 0.524. The third kappa shape index (κ3) is 3.43. The lowest BCUT2D eigenvalue weighted by atomic mass is 9.77. The Morgan fingerprint density at radius 1 is 1.41 bits per heavy atom. The van der Waals surface area contributed by atoms with Crippen molar-refractivity contribution in [1.82, 2.24) is 9.30 Å². The largest absolute Gasteiger partial charge is 0.477 e. The molecule has 4 rings (SSSR count). The maximum Gasteiger partial charge on any atom is 0.352 e. The smallest absolute Gasteiger partial charge is 0.352 e. The number of aliphatic hydroxyl groups excluding tert-OH is 1. The van der Waals surface area contributed by atoms with E-state index in [-0.39, 0.29) is 36.0 Å². The molecule has 4 heterocycles. The van der Waals surface area contributed by atoms with Crippen LogP contribution < -0.4 is 4.57 Å². The number of carboxylic acid groups (broad SMARTS) is 1. The number of carboxylic acids is 1. The molecule has 0 saturated carbocycles. The van der Waals surface area contributed by atoms with Crippen LogP contribution in [-0.2, 0) is 25.7 Å². The molecule has 2 N–H and O–H groups in total. The van der Waals surface area contributed by atoms with Crippen LogP contribution in [0.2, 0.25) is 0 Å². The normalized spacial score (nSPS) is 23.5. The number of carbonyl (C=O) groups excluding carboxylic acids is 2. The molecule has 0 aromatic carbocycles. The fourth-order valence-electron chi connectivity index (χ4n) is 4.76. The minimum Gasteiger partial charge on any atom is -0.477 e. The predicted molar refractivity (Wildman–Crippen MR) is 118 cm³/mol. The average molecular weight is 481 g/mol. The van der Waals surface area contributed by atoms with Gasteiger partial charge in [-0.3, -0.25) is 9.59 Å². The Hall–Kier alpha value is -2.37. The highest BCUT2D eigenvalue weighted by atomic mass is 32.2. The zero-order valence-electron chi connectivity index (χ0n) is 18.3. The van der Waals surface area contributed by atoms with E-state index in [0.29, 0.717) is 18.7 Å². The lowest BCUT2D eigenvalue weighted by Crippen LogP contribution is -2.63. The molecular weight excluding hydrogens is 454 g/mol. The van der Waals surface area contributed by atoms with E-state index in [1.54, 1.807) is 25.6 Å². The number of nitrogens with zero attached hydrogens (tertiary/aromatic N) is 3. The van der Waals surface area contributed by atoms with Gasteiger partial charge >= 0.3 is 11.9 Å². The van der Waals surface area contributed by atoms with E-state index in [1.807, 2.05) is 34.7 Å². The summed E-state index contributed by atoms with van der Waals surface area (Å²) in [5.74, 6) is -2.53. The number of rotatable bonds is 8. The van der Waals surface area contributed by atoms with Gasteiger partial charge in [0.05, 0.1) is 36.0 Å². The van der Waals surface area contributed by atoms with Crippen molar-refractivity contribution in [2.75, 3.05) is 12.9 Å².